The topological polar surface area (TPSA) is 12.0 Å². The van der Waals surface area contributed by atoms with Gasteiger partial charge in [0.1, 0.15) is 0 Å². The quantitative estimate of drug-likeness (QED) is 0.524. The van der Waals surface area contributed by atoms with Crippen LogP contribution in [-0.2, 0) is 6.42 Å². The van der Waals surface area contributed by atoms with Gasteiger partial charge in [0.05, 0.1) is 0 Å². The molecule has 0 amide bonds. The lowest BCUT2D eigenvalue weighted by Crippen LogP contribution is -2.26. The summed E-state index contributed by atoms with van der Waals surface area (Å²) in [5.74, 6) is 0.729. The van der Waals surface area contributed by atoms with E-state index < -0.39 is 0 Å². The standard InChI is InChI=1S/C19H30ClN/c1-2-3-4-5-6-9-16(15-21-18-12-13-18)14-17-10-7-8-11-19(17)20/h7-8,10-11,16,18,21H,2-6,9,12-15H2,1H3. The molecule has 1 fully saturated rings. The summed E-state index contributed by atoms with van der Waals surface area (Å²) < 4.78 is 0. The summed E-state index contributed by atoms with van der Waals surface area (Å²) in [6.07, 6.45) is 12.0. The maximum absolute atomic E-state index is 6.33. The fourth-order valence-electron chi connectivity index (χ4n) is 2.91. The molecule has 1 atom stereocenters. The Bertz CT molecular complexity index is 400. The molecule has 21 heavy (non-hydrogen) atoms. The highest BCUT2D eigenvalue weighted by Crippen LogP contribution is 2.24. The van der Waals surface area contributed by atoms with Gasteiger partial charge in [0.2, 0.25) is 0 Å². The van der Waals surface area contributed by atoms with Gasteiger partial charge in [-0.1, -0.05) is 68.8 Å². The second kappa shape index (κ2) is 9.48. The van der Waals surface area contributed by atoms with Crippen LogP contribution in [-0.4, -0.2) is 12.6 Å². The van der Waals surface area contributed by atoms with E-state index in [-0.39, 0.29) is 0 Å². The van der Waals surface area contributed by atoms with E-state index in [1.165, 1.54) is 56.9 Å². The highest BCUT2D eigenvalue weighted by Gasteiger charge is 2.22. The molecule has 1 aromatic rings. The van der Waals surface area contributed by atoms with Gasteiger partial charge in [-0.3, -0.25) is 0 Å². The zero-order valence-electron chi connectivity index (χ0n) is 13.4. The second-order valence-corrected chi connectivity index (χ2v) is 6.95. The van der Waals surface area contributed by atoms with Gasteiger partial charge in [-0.15, -0.1) is 0 Å². The minimum atomic E-state index is 0.729. The van der Waals surface area contributed by atoms with Crippen LogP contribution >= 0.6 is 11.6 Å². The molecule has 1 N–H and O–H groups in total. The maximum Gasteiger partial charge on any atom is 0.0438 e. The van der Waals surface area contributed by atoms with Crippen molar-refractivity contribution in [3.63, 3.8) is 0 Å². The molecule has 0 bridgehead atoms. The Labute approximate surface area is 135 Å². The Hall–Kier alpha value is -0.530. The lowest BCUT2D eigenvalue weighted by atomic mass is 9.93. The van der Waals surface area contributed by atoms with E-state index in [4.69, 9.17) is 11.6 Å². The molecule has 1 saturated carbocycles. The van der Waals surface area contributed by atoms with Crippen LogP contribution in [0.15, 0.2) is 24.3 Å². The van der Waals surface area contributed by atoms with E-state index in [0.717, 1.165) is 29.9 Å². The summed E-state index contributed by atoms with van der Waals surface area (Å²) in [7, 11) is 0. The smallest absolute Gasteiger partial charge is 0.0438 e. The third-order valence-electron chi connectivity index (χ3n) is 4.45. The second-order valence-electron chi connectivity index (χ2n) is 6.55. The molecule has 1 aromatic carbocycles. The van der Waals surface area contributed by atoms with Crippen molar-refractivity contribution in [2.75, 3.05) is 6.54 Å². The monoisotopic (exact) mass is 307 g/mol. The highest BCUT2D eigenvalue weighted by atomic mass is 35.5. The average Bonchev–Trinajstić information content (AvgIpc) is 3.30. The van der Waals surface area contributed by atoms with Crippen LogP contribution < -0.4 is 5.32 Å². The van der Waals surface area contributed by atoms with E-state index in [0.29, 0.717) is 0 Å². The molecule has 0 spiro atoms. The number of rotatable bonds is 11. The Kier molecular flexibility index (Phi) is 7.60. The minimum Gasteiger partial charge on any atom is -0.314 e. The van der Waals surface area contributed by atoms with Crippen molar-refractivity contribution in [1.29, 1.82) is 0 Å². The Morgan fingerprint density at radius 3 is 2.62 bits per heavy atom. The van der Waals surface area contributed by atoms with Crippen molar-refractivity contribution in [2.24, 2.45) is 5.92 Å². The van der Waals surface area contributed by atoms with Gasteiger partial charge in [-0.2, -0.15) is 0 Å². The summed E-state index contributed by atoms with van der Waals surface area (Å²) in [5, 5.41) is 4.64. The van der Waals surface area contributed by atoms with Crippen LogP contribution in [0, 0.1) is 5.92 Å². The van der Waals surface area contributed by atoms with Crippen LogP contribution in [0.3, 0.4) is 0 Å². The Morgan fingerprint density at radius 1 is 1.14 bits per heavy atom. The molecule has 1 unspecified atom stereocenters. The Balaban J connectivity index is 1.77. The SMILES string of the molecule is CCCCCCCC(CNC1CC1)Cc1ccccc1Cl. The van der Waals surface area contributed by atoms with E-state index in [1.54, 1.807) is 0 Å². The molecular formula is C19H30ClN. The van der Waals surface area contributed by atoms with E-state index in [9.17, 15) is 0 Å². The molecule has 0 radical (unpaired) electrons. The Morgan fingerprint density at radius 2 is 1.90 bits per heavy atom. The predicted molar refractivity (Wildman–Crippen MR) is 93.0 cm³/mol. The molecular weight excluding hydrogens is 278 g/mol. The van der Waals surface area contributed by atoms with Crippen molar-refractivity contribution < 1.29 is 0 Å². The van der Waals surface area contributed by atoms with Gasteiger partial charge in [0, 0.05) is 11.1 Å². The third kappa shape index (κ3) is 6.84. The van der Waals surface area contributed by atoms with Gasteiger partial charge in [-0.05, 0) is 49.8 Å². The van der Waals surface area contributed by atoms with E-state index >= 15 is 0 Å². The lowest BCUT2D eigenvalue weighted by molar-refractivity contribution is 0.419. The summed E-state index contributed by atoms with van der Waals surface area (Å²) >= 11 is 6.33. The van der Waals surface area contributed by atoms with Crippen molar-refractivity contribution in [3.8, 4) is 0 Å². The number of benzene rings is 1. The van der Waals surface area contributed by atoms with E-state index in [2.05, 4.69) is 24.4 Å². The van der Waals surface area contributed by atoms with Gasteiger partial charge in [0.25, 0.3) is 0 Å². The third-order valence-corrected chi connectivity index (χ3v) is 4.82. The van der Waals surface area contributed by atoms with Gasteiger partial charge in [0.15, 0.2) is 0 Å². The molecule has 0 aliphatic heterocycles. The van der Waals surface area contributed by atoms with Crippen molar-refractivity contribution >= 4 is 11.6 Å². The minimum absolute atomic E-state index is 0.729. The summed E-state index contributed by atoms with van der Waals surface area (Å²) in [5.41, 5.74) is 1.32. The van der Waals surface area contributed by atoms with Gasteiger partial charge < -0.3 is 5.32 Å². The first-order valence-corrected chi connectivity index (χ1v) is 9.14. The van der Waals surface area contributed by atoms with Crippen LogP contribution in [0.2, 0.25) is 5.02 Å². The fourth-order valence-corrected chi connectivity index (χ4v) is 3.12. The molecule has 118 valence electrons. The normalized spacial score (nSPS) is 16.1. The largest absolute Gasteiger partial charge is 0.314 e. The zero-order valence-corrected chi connectivity index (χ0v) is 14.2. The van der Waals surface area contributed by atoms with Crippen LogP contribution in [0.25, 0.3) is 0 Å². The zero-order chi connectivity index (χ0) is 14.9. The van der Waals surface area contributed by atoms with Crippen LogP contribution in [0.4, 0.5) is 0 Å². The van der Waals surface area contributed by atoms with Crippen molar-refractivity contribution in [2.45, 2.75) is 70.8 Å². The van der Waals surface area contributed by atoms with Crippen molar-refractivity contribution in [3.05, 3.63) is 34.9 Å². The molecule has 1 aliphatic rings. The van der Waals surface area contributed by atoms with Crippen LogP contribution in [0.5, 0.6) is 0 Å². The first-order valence-electron chi connectivity index (χ1n) is 8.76. The van der Waals surface area contributed by atoms with Crippen molar-refractivity contribution in [1.82, 2.24) is 5.32 Å². The molecule has 1 aliphatic carbocycles. The summed E-state index contributed by atoms with van der Waals surface area (Å²) in [6, 6.07) is 9.13. The molecule has 0 saturated heterocycles. The number of nitrogens with one attached hydrogen (secondary N) is 1. The number of halogens is 1. The van der Waals surface area contributed by atoms with Gasteiger partial charge in [-0.25, -0.2) is 0 Å². The maximum atomic E-state index is 6.33. The molecule has 2 rings (SSSR count). The number of hydrogen-bond donors (Lipinski definition) is 1. The first-order chi connectivity index (χ1) is 10.3. The summed E-state index contributed by atoms with van der Waals surface area (Å²) in [6.45, 7) is 3.43. The number of hydrogen-bond acceptors (Lipinski definition) is 1. The summed E-state index contributed by atoms with van der Waals surface area (Å²) in [4.78, 5) is 0. The average molecular weight is 308 g/mol. The lowest BCUT2D eigenvalue weighted by Gasteiger charge is -2.18. The van der Waals surface area contributed by atoms with Gasteiger partial charge >= 0.3 is 0 Å². The first kappa shape index (κ1) is 16.8. The molecule has 1 nitrogen and oxygen atoms in total. The predicted octanol–water partition coefficient (Wildman–Crippen LogP) is 5.61. The van der Waals surface area contributed by atoms with E-state index in [1.807, 2.05) is 12.1 Å². The van der Waals surface area contributed by atoms with Crippen LogP contribution in [0.1, 0.15) is 63.9 Å². The molecule has 0 aromatic heterocycles. The number of unbranched alkanes of at least 4 members (excludes halogenated alkanes) is 4. The fraction of sp³-hybridized carbons (Fsp3) is 0.684. The highest BCUT2D eigenvalue weighted by molar-refractivity contribution is 6.31. The molecule has 2 heteroatoms. The molecule has 0 heterocycles.